The van der Waals surface area contributed by atoms with Gasteiger partial charge in [-0.3, -0.25) is 4.79 Å². The maximum absolute atomic E-state index is 11.8. The SMILES string of the molecule is COC(CNC(=O)c1cc(Cl)ccc1C)C(=O)O. The fourth-order valence-electron chi connectivity index (χ4n) is 1.39. The molecule has 5 nitrogen and oxygen atoms in total. The van der Waals surface area contributed by atoms with Crippen LogP contribution in [0.25, 0.3) is 0 Å². The zero-order valence-electron chi connectivity index (χ0n) is 10.1. The molecular formula is C12H14ClNO4. The van der Waals surface area contributed by atoms with Gasteiger partial charge in [-0.25, -0.2) is 4.79 Å². The lowest BCUT2D eigenvalue weighted by Gasteiger charge is -2.12. The molecule has 0 aliphatic heterocycles. The number of carboxylic acid groups (broad SMARTS) is 1. The smallest absolute Gasteiger partial charge is 0.334 e. The van der Waals surface area contributed by atoms with Gasteiger partial charge >= 0.3 is 5.97 Å². The molecule has 2 N–H and O–H groups in total. The number of carbonyl (C=O) groups excluding carboxylic acids is 1. The maximum atomic E-state index is 11.8. The average molecular weight is 272 g/mol. The summed E-state index contributed by atoms with van der Waals surface area (Å²) in [5.74, 6) is -1.50. The van der Waals surface area contributed by atoms with E-state index in [2.05, 4.69) is 5.32 Å². The molecule has 6 heteroatoms. The second kappa shape index (κ2) is 6.37. The van der Waals surface area contributed by atoms with Gasteiger partial charge in [0.25, 0.3) is 5.91 Å². The highest BCUT2D eigenvalue weighted by Crippen LogP contribution is 2.15. The van der Waals surface area contributed by atoms with E-state index < -0.39 is 12.1 Å². The number of hydrogen-bond donors (Lipinski definition) is 2. The summed E-state index contributed by atoms with van der Waals surface area (Å²) in [6, 6.07) is 4.94. The van der Waals surface area contributed by atoms with Crippen LogP contribution in [0.4, 0.5) is 0 Å². The Morgan fingerprint density at radius 2 is 2.17 bits per heavy atom. The van der Waals surface area contributed by atoms with Crippen molar-refractivity contribution in [2.24, 2.45) is 0 Å². The predicted octanol–water partition coefficient (Wildman–Crippen LogP) is 1.48. The van der Waals surface area contributed by atoms with Gasteiger partial charge in [-0.15, -0.1) is 0 Å². The molecule has 1 amide bonds. The van der Waals surface area contributed by atoms with Crippen LogP contribution in [0.15, 0.2) is 18.2 Å². The molecule has 1 rings (SSSR count). The lowest BCUT2D eigenvalue weighted by molar-refractivity contribution is -0.148. The number of aliphatic carboxylic acids is 1. The van der Waals surface area contributed by atoms with Gasteiger partial charge in [-0.05, 0) is 24.6 Å². The third-order valence-corrected chi connectivity index (χ3v) is 2.69. The lowest BCUT2D eigenvalue weighted by Crippen LogP contribution is -2.38. The number of aryl methyl sites for hydroxylation is 1. The van der Waals surface area contributed by atoms with Crippen molar-refractivity contribution in [3.8, 4) is 0 Å². The summed E-state index contributed by atoms with van der Waals surface area (Å²) in [4.78, 5) is 22.5. The van der Waals surface area contributed by atoms with Gasteiger partial charge in [0.1, 0.15) is 0 Å². The molecule has 1 aromatic rings. The molecule has 0 heterocycles. The predicted molar refractivity (Wildman–Crippen MR) is 67.0 cm³/mol. The number of amides is 1. The Kier molecular flexibility index (Phi) is 5.12. The highest BCUT2D eigenvalue weighted by atomic mass is 35.5. The van der Waals surface area contributed by atoms with E-state index in [1.807, 2.05) is 0 Å². The van der Waals surface area contributed by atoms with E-state index in [0.29, 0.717) is 10.6 Å². The molecule has 0 bridgehead atoms. The fraction of sp³-hybridized carbons (Fsp3) is 0.333. The summed E-state index contributed by atoms with van der Waals surface area (Å²) >= 11 is 5.80. The largest absolute Gasteiger partial charge is 0.479 e. The highest BCUT2D eigenvalue weighted by Gasteiger charge is 2.18. The van der Waals surface area contributed by atoms with Crippen molar-refractivity contribution in [3.05, 3.63) is 34.3 Å². The van der Waals surface area contributed by atoms with Crippen LogP contribution in [-0.2, 0) is 9.53 Å². The monoisotopic (exact) mass is 271 g/mol. The maximum Gasteiger partial charge on any atom is 0.334 e. The van der Waals surface area contributed by atoms with Gasteiger partial charge in [0.05, 0.1) is 6.54 Å². The first kappa shape index (κ1) is 14.5. The van der Waals surface area contributed by atoms with Gasteiger partial charge < -0.3 is 15.2 Å². The van der Waals surface area contributed by atoms with Gasteiger partial charge in [-0.1, -0.05) is 17.7 Å². The Labute approximate surface area is 110 Å². The fourth-order valence-corrected chi connectivity index (χ4v) is 1.56. The summed E-state index contributed by atoms with van der Waals surface area (Å²) in [5, 5.41) is 11.7. The molecule has 0 saturated carbocycles. The number of hydrogen-bond acceptors (Lipinski definition) is 3. The van der Waals surface area contributed by atoms with Gasteiger partial charge in [0.2, 0.25) is 0 Å². The second-order valence-corrected chi connectivity index (χ2v) is 4.17. The molecular weight excluding hydrogens is 258 g/mol. The Bertz CT molecular complexity index is 461. The van der Waals surface area contributed by atoms with Crippen LogP contribution in [0.2, 0.25) is 5.02 Å². The van der Waals surface area contributed by atoms with Gasteiger partial charge in [-0.2, -0.15) is 0 Å². The molecule has 0 saturated heterocycles. The number of carboxylic acids is 1. The van der Waals surface area contributed by atoms with Crippen LogP contribution in [0.3, 0.4) is 0 Å². The molecule has 1 atom stereocenters. The third kappa shape index (κ3) is 3.72. The molecule has 1 aromatic carbocycles. The normalized spacial score (nSPS) is 11.9. The first-order valence-electron chi connectivity index (χ1n) is 5.25. The minimum Gasteiger partial charge on any atom is -0.479 e. The van der Waals surface area contributed by atoms with E-state index in [1.165, 1.54) is 13.2 Å². The average Bonchev–Trinajstić information content (AvgIpc) is 2.32. The Balaban J connectivity index is 2.71. The van der Waals surface area contributed by atoms with E-state index in [4.69, 9.17) is 21.4 Å². The Hall–Kier alpha value is -1.59. The van der Waals surface area contributed by atoms with Crippen molar-refractivity contribution in [1.29, 1.82) is 0 Å². The van der Waals surface area contributed by atoms with E-state index in [1.54, 1.807) is 19.1 Å². The lowest BCUT2D eigenvalue weighted by atomic mass is 10.1. The first-order valence-corrected chi connectivity index (χ1v) is 5.63. The molecule has 0 radical (unpaired) electrons. The molecule has 0 fully saturated rings. The van der Waals surface area contributed by atoms with Gasteiger partial charge in [0, 0.05) is 17.7 Å². The standard InChI is InChI=1S/C12H14ClNO4/c1-7-3-4-8(13)5-9(7)11(15)14-6-10(18-2)12(16)17/h3-5,10H,6H2,1-2H3,(H,14,15)(H,16,17). The molecule has 0 aromatic heterocycles. The molecule has 0 aliphatic carbocycles. The van der Waals surface area contributed by atoms with Crippen molar-refractivity contribution in [2.75, 3.05) is 13.7 Å². The van der Waals surface area contributed by atoms with E-state index in [0.717, 1.165) is 5.56 Å². The minimum atomic E-state index is -1.12. The van der Waals surface area contributed by atoms with Crippen molar-refractivity contribution >= 4 is 23.5 Å². The molecule has 98 valence electrons. The van der Waals surface area contributed by atoms with Crippen LogP contribution in [-0.4, -0.2) is 36.7 Å². The van der Waals surface area contributed by atoms with Crippen molar-refractivity contribution in [2.45, 2.75) is 13.0 Å². The zero-order valence-corrected chi connectivity index (χ0v) is 10.8. The van der Waals surface area contributed by atoms with Crippen LogP contribution in [0.5, 0.6) is 0 Å². The van der Waals surface area contributed by atoms with E-state index in [-0.39, 0.29) is 12.5 Å². The summed E-state index contributed by atoms with van der Waals surface area (Å²) in [5.41, 5.74) is 1.18. The van der Waals surface area contributed by atoms with Crippen LogP contribution < -0.4 is 5.32 Å². The highest BCUT2D eigenvalue weighted by molar-refractivity contribution is 6.31. The molecule has 18 heavy (non-hydrogen) atoms. The summed E-state index contributed by atoms with van der Waals surface area (Å²) in [6.07, 6.45) is -1.06. The van der Waals surface area contributed by atoms with E-state index >= 15 is 0 Å². The second-order valence-electron chi connectivity index (χ2n) is 3.73. The number of ether oxygens (including phenoxy) is 1. The van der Waals surface area contributed by atoms with Crippen molar-refractivity contribution in [1.82, 2.24) is 5.32 Å². The van der Waals surface area contributed by atoms with Crippen molar-refractivity contribution in [3.63, 3.8) is 0 Å². The van der Waals surface area contributed by atoms with Crippen LogP contribution >= 0.6 is 11.6 Å². The first-order chi connectivity index (χ1) is 8.45. The number of benzene rings is 1. The Morgan fingerprint density at radius 1 is 1.50 bits per heavy atom. The summed E-state index contributed by atoms with van der Waals surface area (Å²) in [6.45, 7) is 1.67. The van der Waals surface area contributed by atoms with Gasteiger partial charge in [0.15, 0.2) is 6.10 Å². The minimum absolute atomic E-state index is 0.101. The quantitative estimate of drug-likeness (QED) is 0.850. The van der Waals surface area contributed by atoms with Crippen LogP contribution in [0, 0.1) is 6.92 Å². The number of nitrogens with one attached hydrogen (secondary N) is 1. The number of carbonyl (C=O) groups is 2. The van der Waals surface area contributed by atoms with E-state index in [9.17, 15) is 9.59 Å². The Morgan fingerprint density at radius 3 is 2.72 bits per heavy atom. The number of halogens is 1. The number of rotatable bonds is 5. The van der Waals surface area contributed by atoms with Crippen LogP contribution in [0.1, 0.15) is 15.9 Å². The topological polar surface area (TPSA) is 75.6 Å². The third-order valence-electron chi connectivity index (χ3n) is 2.45. The molecule has 0 spiro atoms. The molecule has 0 aliphatic rings. The zero-order chi connectivity index (χ0) is 13.7. The summed E-state index contributed by atoms with van der Waals surface area (Å²) < 4.78 is 4.71. The number of methoxy groups -OCH3 is 1. The van der Waals surface area contributed by atoms with Crippen molar-refractivity contribution < 1.29 is 19.4 Å². The molecule has 1 unspecified atom stereocenters. The summed E-state index contributed by atoms with van der Waals surface area (Å²) in [7, 11) is 1.27.